The summed E-state index contributed by atoms with van der Waals surface area (Å²) in [6.07, 6.45) is 0. The molecule has 0 radical (unpaired) electrons. The van der Waals surface area contributed by atoms with Crippen molar-refractivity contribution >= 4 is 29.2 Å². The van der Waals surface area contributed by atoms with Crippen LogP contribution >= 0.6 is 11.6 Å². The van der Waals surface area contributed by atoms with Gasteiger partial charge in [-0.2, -0.15) is 0 Å². The van der Waals surface area contributed by atoms with Crippen molar-refractivity contribution in [1.29, 1.82) is 0 Å². The number of anilines is 1. The Morgan fingerprint density at radius 3 is 2.52 bits per heavy atom. The van der Waals surface area contributed by atoms with E-state index in [0.717, 1.165) is 11.1 Å². The number of carbonyl (C=O) groups is 2. The van der Waals surface area contributed by atoms with Crippen LogP contribution in [0.3, 0.4) is 0 Å². The summed E-state index contributed by atoms with van der Waals surface area (Å²) in [5.41, 5.74) is 3.25. The van der Waals surface area contributed by atoms with Crippen LogP contribution in [0, 0.1) is 0 Å². The van der Waals surface area contributed by atoms with Gasteiger partial charge in [0.1, 0.15) is 5.75 Å². The first-order chi connectivity index (χ1) is 13.0. The molecular weight excluding hydrogens is 366 g/mol. The first-order valence-corrected chi connectivity index (χ1v) is 8.59. The molecule has 27 heavy (non-hydrogen) atoms. The van der Waals surface area contributed by atoms with Gasteiger partial charge in [-0.25, -0.2) is 4.79 Å². The number of halogens is 1. The number of amides is 1. The van der Waals surface area contributed by atoms with E-state index in [1.807, 2.05) is 6.07 Å². The van der Waals surface area contributed by atoms with Crippen LogP contribution in [0.2, 0.25) is 5.02 Å². The maximum atomic E-state index is 12.7. The molecule has 1 aliphatic rings. The third-order valence-electron chi connectivity index (χ3n) is 4.61. The second kappa shape index (κ2) is 6.45. The van der Waals surface area contributed by atoms with E-state index >= 15 is 0 Å². The van der Waals surface area contributed by atoms with Gasteiger partial charge < -0.3 is 15.1 Å². The maximum absolute atomic E-state index is 12.7. The Kier molecular flexibility index (Phi) is 4.09. The van der Waals surface area contributed by atoms with Crippen molar-refractivity contribution in [2.45, 2.75) is 6.54 Å². The Labute approximate surface area is 160 Å². The minimum Gasteiger partial charge on any atom is -0.506 e. The number of para-hydroxylation sites is 2. The van der Waals surface area contributed by atoms with E-state index in [4.69, 9.17) is 11.6 Å². The van der Waals surface area contributed by atoms with E-state index in [2.05, 4.69) is 0 Å². The summed E-state index contributed by atoms with van der Waals surface area (Å²) in [7, 11) is 0. The van der Waals surface area contributed by atoms with E-state index in [1.165, 1.54) is 23.1 Å². The minimum absolute atomic E-state index is 0.0380. The fourth-order valence-electron chi connectivity index (χ4n) is 3.25. The van der Waals surface area contributed by atoms with Gasteiger partial charge in [-0.3, -0.25) is 4.79 Å². The number of rotatable bonds is 3. The minimum atomic E-state index is -1.03. The molecule has 5 nitrogen and oxygen atoms in total. The summed E-state index contributed by atoms with van der Waals surface area (Å²) in [4.78, 5) is 25.5. The predicted octanol–water partition coefficient (Wildman–Crippen LogP) is 4.57. The number of benzene rings is 3. The lowest BCUT2D eigenvalue weighted by molar-refractivity contribution is 0.0696. The van der Waals surface area contributed by atoms with Crippen molar-refractivity contribution in [3.05, 3.63) is 82.4 Å². The van der Waals surface area contributed by atoms with Crippen molar-refractivity contribution < 1.29 is 19.8 Å². The average Bonchev–Trinajstić information content (AvgIpc) is 2.98. The molecule has 3 aromatic rings. The number of nitrogens with zero attached hydrogens (tertiary/aromatic N) is 1. The largest absolute Gasteiger partial charge is 0.506 e. The van der Waals surface area contributed by atoms with Gasteiger partial charge in [0.25, 0.3) is 5.91 Å². The van der Waals surface area contributed by atoms with Crippen LogP contribution < -0.4 is 4.90 Å². The number of hydrogen-bond acceptors (Lipinski definition) is 3. The maximum Gasteiger partial charge on any atom is 0.335 e. The highest BCUT2D eigenvalue weighted by Crippen LogP contribution is 2.37. The van der Waals surface area contributed by atoms with E-state index in [1.54, 1.807) is 36.4 Å². The summed E-state index contributed by atoms with van der Waals surface area (Å²) >= 11 is 6.26. The average molecular weight is 380 g/mol. The Morgan fingerprint density at radius 2 is 1.78 bits per heavy atom. The van der Waals surface area contributed by atoms with Crippen LogP contribution in [0.15, 0.2) is 60.7 Å². The van der Waals surface area contributed by atoms with Crippen LogP contribution in [-0.4, -0.2) is 22.1 Å². The normalized spacial score (nSPS) is 12.9. The topological polar surface area (TPSA) is 77.8 Å². The molecule has 0 aromatic heterocycles. The van der Waals surface area contributed by atoms with Gasteiger partial charge in [-0.15, -0.1) is 0 Å². The monoisotopic (exact) mass is 379 g/mol. The summed E-state index contributed by atoms with van der Waals surface area (Å²) < 4.78 is 0. The molecule has 0 spiro atoms. The van der Waals surface area contributed by atoms with E-state index in [9.17, 15) is 19.8 Å². The lowest BCUT2D eigenvalue weighted by atomic mass is 9.99. The molecule has 134 valence electrons. The number of aromatic carboxylic acids is 1. The highest BCUT2D eigenvalue weighted by Gasteiger charge is 2.30. The molecule has 1 amide bonds. The first-order valence-electron chi connectivity index (χ1n) is 8.21. The molecule has 0 unspecified atom stereocenters. The van der Waals surface area contributed by atoms with Crippen LogP contribution in [0.1, 0.15) is 26.3 Å². The van der Waals surface area contributed by atoms with Crippen molar-refractivity contribution in [3.63, 3.8) is 0 Å². The molecule has 0 saturated heterocycles. The highest BCUT2D eigenvalue weighted by molar-refractivity contribution is 6.33. The van der Waals surface area contributed by atoms with Gasteiger partial charge in [0, 0.05) is 16.1 Å². The standard InChI is InChI=1S/C21H14ClNO4/c22-17-8-6-13(21(26)27)10-16(17)12-5-7-15-14(9-12)11-23(20(15)25)18-3-1-2-4-19(18)24/h1-10,24H,11H2,(H,26,27). The Hall–Kier alpha value is -3.31. The van der Waals surface area contributed by atoms with Gasteiger partial charge in [0.15, 0.2) is 0 Å². The van der Waals surface area contributed by atoms with Gasteiger partial charge >= 0.3 is 5.97 Å². The number of carboxylic acids is 1. The molecule has 6 heteroatoms. The van der Waals surface area contributed by atoms with Crippen molar-refractivity contribution in [3.8, 4) is 16.9 Å². The zero-order valence-electron chi connectivity index (χ0n) is 14.0. The molecule has 0 atom stereocenters. The number of phenolic OH excluding ortho intramolecular Hbond substituents is 1. The third kappa shape index (κ3) is 2.92. The van der Waals surface area contributed by atoms with E-state index < -0.39 is 5.97 Å². The van der Waals surface area contributed by atoms with Gasteiger partial charge in [-0.05, 0) is 53.6 Å². The summed E-state index contributed by atoms with van der Waals surface area (Å²) in [6.45, 7) is 0.315. The van der Waals surface area contributed by atoms with Gasteiger partial charge in [-0.1, -0.05) is 29.8 Å². The lowest BCUT2D eigenvalue weighted by Crippen LogP contribution is -2.22. The fourth-order valence-corrected chi connectivity index (χ4v) is 3.48. The van der Waals surface area contributed by atoms with Crippen LogP contribution in [-0.2, 0) is 6.54 Å². The molecule has 1 heterocycles. The van der Waals surface area contributed by atoms with Crippen LogP contribution in [0.5, 0.6) is 5.75 Å². The molecule has 3 aromatic carbocycles. The van der Waals surface area contributed by atoms with Gasteiger partial charge in [0.2, 0.25) is 0 Å². The second-order valence-electron chi connectivity index (χ2n) is 6.25. The number of hydrogen-bond donors (Lipinski definition) is 2. The molecule has 2 N–H and O–H groups in total. The third-order valence-corrected chi connectivity index (χ3v) is 4.94. The molecule has 4 rings (SSSR count). The molecule has 0 aliphatic carbocycles. The second-order valence-corrected chi connectivity index (χ2v) is 6.66. The zero-order valence-corrected chi connectivity index (χ0v) is 14.8. The summed E-state index contributed by atoms with van der Waals surface area (Å²) in [5, 5.41) is 19.7. The van der Waals surface area contributed by atoms with Crippen LogP contribution in [0.4, 0.5) is 5.69 Å². The highest BCUT2D eigenvalue weighted by atomic mass is 35.5. The quantitative estimate of drug-likeness (QED) is 0.698. The number of phenols is 1. The predicted molar refractivity (Wildman–Crippen MR) is 102 cm³/mol. The number of carboxylic acid groups (broad SMARTS) is 1. The SMILES string of the molecule is O=C(O)c1ccc(Cl)c(-c2ccc3c(c2)CN(c2ccccc2O)C3=O)c1. The Balaban J connectivity index is 1.75. The molecule has 0 bridgehead atoms. The van der Waals surface area contributed by atoms with Gasteiger partial charge in [0.05, 0.1) is 17.8 Å². The van der Waals surface area contributed by atoms with Crippen LogP contribution in [0.25, 0.3) is 11.1 Å². The summed E-state index contributed by atoms with van der Waals surface area (Å²) in [6, 6.07) is 16.5. The van der Waals surface area contributed by atoms with E-state index in [0.29, 0.717) is 28.4 Å². The molecular formula is C21H14ClNO4. The number of carbonyl (C=O) groups excluding carboxylic acids is 1. The zero-order chi connectivity index (χ0) is 19.1. The lowest BCUT2D eigenvalue weighted by Gasteiger charge is -2.16. The smallest absolute Gasteiger partial charge is 0.335 e. The molecule has 0 saturated carbocycles. The first kappa shape index (κ1) is 17.1. The fraction of sp³-hybridized carbons (Fsp3) is 0.0476. The number of aromatic hydroxyl groups is 1. The molecule has 0 fully saturated rings. The molecule has 1 aliphatic heterocycles. The van der Waals surface area contributed by atoms with Crippen molar-refractivity contribution in [1.82, 2.24) is 0 Å². The number of fused-ring (bicyclic) bond motifs is 1. The summed E-state index contributed by atoms with van der Waals surface area (Å²) in [5.74, 6) is -1.19. The Bertz CT molecular complexity index is 1090. The van der Waals surface area contributed by atoms with Crippen molar-refractivity contribution in [2.75, 3.05) is 4.90 Å². The Morgan fingerprint density at radius 1 is 1.00 bits per heavy atom. The van der Waals surface area contributed by atoms with E-state index in [-0.39, 0.29) is 17.2 Å². The van der Waals surface area contributed by atoms with Crippen molar-refractivity contribution in [2.24, 2.45) is 0 Å².